The van der Waals surface area contributed by atoms with E-state index in [1.54, 1.807) is 0 Å². The molecule has 0 amide bonds. The Morgan fingerprint density at radius 2 is 1.93 bits per heavy atom. The van der Waals surface area contributed by atoms with Gasteiger partial charge in [0, 0.05) is 5.41 Å². The highest BCUT2D eigenvalue weighted by atomic mass is 16.5. The molecule has 0 aromatic heterocycles. The van der Waals surface area contributed by atoms with E-state index < -0.39 is 0 Å². The lowest BCUT2D eigenvalue weighted by Gasteiger charge is -2.52. The molecular weight excluding hydrogens is 176 g/mol. The highest BCUT2D eigenvalue weighted by Gasteiger charge is 2.66. The molecule has 0 aromatic rings. The fourth-order valence-electron chi connectivity index (χ4n) is 3.65. The summed E-state index contributed by atoms with van der Waals surface area (Å²) in [5, 5.41) is 0. The molecule has 14 heavy (non-hydrogen) atoms. The van der Waals surface area contributed by atoms with Crippen molar-refractivity contribution in [2.45, 2.75) is 26.7 Å². The van der Waals surface area contributed by atoms with Gasteiger partial charge in [-0.1, -0.05) is 19.1 Å². The van der Waals surface area contributed by atoms with Crippen LogP contribution in [0.4, 0.5) is 0 Å². The van der Waals surface area contributed by atoms with Crippen LogP contribution in [0.1, 0.15) is 26.7 Å². The molecule has 2 heteroatoms. The van der Waals surface area contributed by atoms with Gasteiger partial charge in [0.1, 0.15) is 0 Å². The van der Waals surface area contributed by atoms with Crippen molar-refractivity contribution in [2.75, 3.05) is 6.61 Å². The van der Waals surface area contributed by atoms with Gasteiger partial charge < -0.3 is 4.74 Å². The lowest BCUT2D eigenvalue weighted by molar-refractivity contribution is -0.151. The van der Waals surface area contributed by atoms with Gasteiger partial charge in [0.2, 0.25) is 0 Å². The SMILES string of the molecule is CC12COC(=O)C1(C)C1C=CC2CC1. The zero-order valence-electron chi connectivity index (χ0n) is 8.75. The maximum atomic E-state index is 11.9. The van der Waals surface area contributed by atoms with Gasteiger partial charge in [0.05, 0.1) is 12.0 Å². The molecule has 0 N–H and O–H groups in total. The van der Waals surface area contributed by atoms with Gasteiger partial charge in [-0.2, -0.15) is 0 Å². The standard InChI is InChI=1S/C12H16O2/c1-11-7-14-10(13)12(11,2)9-5-3-8(11)4-6-9/h3,5,8-9H,4,6-7H2,1-2H3. The van der Waals surface area contributed by atoms with Crippen LogP contribution in [0, 0.1) is 22.7 Å². The smallest absolute Gasteiger partial charge is 0.313 e. The Balaban J connectivity index is 2.19. The molecule has 0 radical (unpaired) electrons. The topological polar surface area (TPSA) is 26.3 Å². The quantitative estimate of drug-likeness (QED) is 0.434. The Bertz CT molecular complexity index is 333. The lowest BCUT2D eigenvalue weighted by Crippen LogP contribution is -2.53. The van der Waals surface area contributed by atoms with Crippen molar-refractivity contribution in [3.63, 3.8) is 0 Å². The first-order valence-electron chi connectivity index (χ1n) is 5.44. The second-order valence-corrected chi connectivity index (χ2v) is 5.37. The van der Waals surface area contributed by atoms with Crippen molar-refractivity contribution in [3.05, 3.63) is 12.2 Å². The van der Waals surface area contributed by atoms with Crippen LogP contribution in [0.2, 0.25) is 0 Å². The average Bonchev–Trinajstić information content (AvgIpc) is 2.46. The van der Waals surface area contributed by atoms with Crippen LogP contribution in [-0.4, -0.2) is 12.6 Å². The van der Waals surface area contributed by atoms with Crippen molar-refractivity contribution in [1.29, 1.82) is 0 Å². The van der Waals surface area contributed by atoms with Crippen LogP contribution in [0.5, 0.6) is 0 Å². The van der Waals surface area contributed by atoms with E-state index in [0.717, 1.165) is 6.42 Å². The Morgan fingerprint density at radius 1 is 1.29 bits per heavy atom. The number of rotatable bonds is 0. The number of hydrogen-bond acceptors (Lipinski definition) is 2. The molecule has 4 atom stereocenters. The number of ether oxygens (including phenoxy) is 1. The van der Waals surface area contributed by atoms with Crippen LogP contribution in [0.3, 0.4) is 0 Å². The molecular formula is C12H16O2. The van der Waals surface area contributed by atoms with Crippen molar-refractivity contribution in [1.82, 2.24) is 0 Å². The minimum absolute atomic E-state index is 0.0269. The molecule has 4 rings (SSSR count). The normalized spacial score (nSPS) is 54.6. The summed E-state index contributed by atoms with van der Waals surface area (Å²) in [6, 6.07) is 0. The Labute approximate surface area is 84.3 Å². The second kappa shape index (κ2) is 2.23. The Hall–Kier alpha value is -0.790. The fourth-order valence-corrected chi connectivity index (χ4v) is 3.65. The van der Waals surface area contributed by atoms with Crippen molar-refractivity contribution >= 4 is 5.97 Å². The minimum atomic E-state index is -0.245. The number of esters is 1. The van der Waals surface area contributed by atoms with E-state index in [4.69, 9.17) is 4.74 Å². The van der Waals surface area contributed by atoms with Gasteiger partial charge in [0.25, 0.3) is 0 Å². The summed E-state index contributed by atoms with van der Waals surface area (Å²) in [4.78, 5) is 11.9. The highest BCUT2D eigenvalue weighted by molar-refractivity contribution is 5.81. The first-order valence-corrected chi connectivity index (χ1v) is 5.44. The van der Waals surface area contributed by atoms with Crippen molar-refractivity contribution < 1.29 is 9.53 Å². The number of cyclic esters (lactones) is 1. The molecule has 1 saturated heterocycles. The summed E-state index contributed by atoms with van der Waals surface area (Å²) < 4.78 is 5.31. The summed E-state index contributed by atoms with van der Waals surface area (Å²) in [6.45, 7) is 4.94. The molecule has 3 aliphatic carbocycles. The monoisotopic (exact) mass is 192 g/mol. The Morgan fingerprint density at radius 3 is 2.50 bits per heavy atom. The summed E-state index contributed by atoms with van der Waals surface area (Å²) in [5.74, 6) is 0.982. The van der Waals surface area contributed by atoms with E-state index in [1.165, 1.54) is 6.42 Å². The largest absolute Gasteiger partial charge is 0.465 e. The molecule has 4 unspecified atom stereocenters. The van der Waals surface area contributed by atoms with Crippen LogP contribution < -0.4 is 0 Å². The third kappa shape index (κ3) is 0.656. The van der Waals surface area contributed by atoms with Crippen LogP contribution in [-0.2, 0) is 9.53 Å². The van der Waals surface area contributed by atoms with Gasteiger partial charge >= 0.3 is 5.97 Å². The number of carbonyl (C=O) groups is 1. The van der Waals surface area contributed by atoms with Crippen LogP contribution >= 0.6 is 0 Å². The van der Waals surface area contributed by atoms with Crippen LogP contribution in [0.15, 0.2) is 12.2 Å². The first kappa shape index (κ1) is 8.51. The molecule has 1 aliphatic heterocycles. The molecule has 76 valence electrons. The Kier molecular flexibility index (Phi) is 1.36. The lowest BCUT2D eigenvalue weighted by atomic mass is 9.47. The van der Waals surface area contributed by atoms with E-state index in [0.29, 0.717) is 18.4 Å². The minimum Gasteiger partial charge on any atom is -0.465 e. The number of fused-ring (bicyclic) bond motifs is 1. The third-order valence-electron chi connectivity index (χ3n) is 5.04. The third-order valence-corrected chi connectivity index (χ3v) is 5.04. The molecule has 1 saturated carbocycles. The van der Waals surface area contributed by atoms with Gasteiger partial charge in [-0.05, 0) is 31.6 Å². The molecule has 2 bridgehead atoms. The molecule has 0 spiro atoms. The van der Waals surface area contributed by atoms with E-state index >= 15 is 0 Å². The number of carbonyl (C=O) groups excluding carboxylic acids is 1. The number of allylic oxidation sites excluding steroid dienone is 2. The summed E-state index contributed by atoms with van der Waals surface area (Å²) >= 11 is 0. The summed E-state index contributed by atoms with van der Waals surface area (Å²) in [6.07, 6.45) is 6.92. The molecule has 0 aromatic carbocycles. The van der Waals surface area contributed by atoms with Crippen molar-refractivity contribution in [2.24, 2.45) is 22.7 Å². The van der Waals surface area contributed by atoms with E-state index in [1.807, 2.05) is 0 Å². The zero-order valence-corrected chi connectivity index (χ0v) is 8.75. The van der Waals surface area contributed by atoms with Crippen LogP contribution in [0.25, 0.3) is 0 Å². The van der Waals surface area contributed by atoms with Gasteiger partial charge in [0.15, 0.2) is 0 Å². The van der Waals surface area contributed by atoms with E-state index in [2.05, 4.69) is 26.0 Å². The van der Waals surface area contributed by atoms with Gasteiger partial charge in [-0.25, -0.2) is 0 Å². The fraction of sp³-hybridized carbons (Fsp3) is 0.750. The highest BCUT2D eigenvalue weighted by Crippen LogP contribution is 2.63. The second-order valence-electron chi connectivity index (χ2n) is 5.37. The average molecular weight is 192 g/mol. The maximum Gasteiger partial charge on any atom is 0.313 e. The van der Waals surface area contributed by atoms with E-state index in [9.17, 15) is 4.79 Å². The summed E-state index contributed by atoms with van der Waals surface area (Å²) in [7, 11) is 0. The molecule has 2 fully saturated rings. The predicted octanol–water partition coefficient (Wildman–Crippen LogP) is 2.15. The molecule has 4 aliphatic rings. The zero-order chi connectivity index (χ0) is 9.97. The first-order chi connectivity index (χ1) is 6.59. The molecule has 1 heterocycles. The van der Waals surface area contributed by atoms with Gasteiger partial charge in [-0.3, -0.25) is 4.79 Å². The number of hydrogen-bond donors (Lipinski definition) is 0. The predicted molar refractivity (Wildman–Crippen MR) is 52.5 cm³/mol. The summed E-state index contributed by atoms with van der Waals surface area (Å²) in [5.41, 5.74) is -0.188. The maximum absolute atomic E-state index is 11.9. The van der Waals surface area contributed by atoms with Gasteiger partial charge in [-0.15, -0.1) is 0 Å². The van der Waals surface area contributed by atoms with E-state index in [-0.39, 0.29) is 16.8 Å². The molecule has 2 nitrogen and oxygen atoms in total. The van der Waals surface area contributed by atoms with Crippen molar-refractivity contribution in [3.8, 4) is 0 Å².